The Morgan fingerprint density at radius 3 is 2.06 bits per heavy atom. The van der Waals surface area contributed by atoms with Crippen molar-refractivity contribution in [3.05, 3.63) is 158 Å². The summed E-state index contributed by atoms with van der Waals surface area (Å²) in [5.41, 5.74) is 12.1. The van der Waals surface area contributed by atoms with E-state index in [0.29, 0.717) is 0 Å². The second-order valence-corrected chi connectivity index (χ2v) is 12.9. The summed E-state index contributed by atoms with van der Waals surface area (Å²) >= 11 is 1.78. The van der Waals surface area contributed by atoms with Gasteiger partial charge >= 0.3 is 0 Å². The standard InChI is InChI=1S/C43H26N2OS/c1-3-12-27(13-4-1)29-16-9-17-30(26-29)45(36-21-11-23-38-40(36)32-18-7-8-22-37(32)46-38)35-25-24-34-39-31(35)19-10-20-33(39)41-42(34)47-43(44-41)28-14-5-2-6-15-28/h1-26H. The first-order valence-corrected chi connectivity index (χ1v) is 16.6. The molecule has 0 unspecified atom stereocenters. The lowest BCUT2D eigenvalue weighted by Gasteiger charge is -2.28. The van der Waals surface area contributed by atoms with Crippen molar-refractivity contribution in [1.29, 1.82) is 0 Å². The molecule has 0 radical (unpaired) electrons. The van der Waals surface area contributed by atoms with Gasteiger partial charge in [0.15, 0.2) is 0 Å². The Kier molecular flexibility index (Phi) is 5.74. The van der Waals surface area contributed by atoms with Crippen LogP contribution in [0.15, 0.2) is 162 Å². The molecule has 10 rings (SSSR count). The normalized spacial score (nSPS) is 11.8. The SMILES string of the molecule is c1ccc(-c2cccc(N(c3ccc4c5c(cccc35)-c3nc(-c5ccccc5)sc3-4)c3cccc4oc5ccccc5c34)c2)cc1. The summed E-state index contributed by atoms with van der Waals surface area (Å²) in [4.78, 5) is 8.85. The second kappa shape index (κ2) is 10.3. The minimum Gasteiger partial charge on any atom is -0.456 e. The molecule has 0 amide bonds. The Morgan fingerprint density at radius 1 is 0.489 bits per heavy atom. The van der Waals surface area contributed by atoms with Gasteiger partial charge in [-0.3, -0.25) is 0 Å². The third-order valence-electron chi connectivity index (χ3n) is 9.24. The molecule has 220 valence electrons. The van der Waals surface area contributed by atoms with Crippen LogP contribution < -0.4 is 4.90 Å². The number of para-hydroxylation sites is 1. The van der Waals surface area contributed by atoms with Gasteiger partial charge in [0.05, 0.1) is 27.3 Å². The van der Waals surface area contributed by atoms with Gasteiger partial charge in [-0.05, 0) is 47.5 Å². The molecule has 0 saturated heterocycles. The number of rotatable bonds is 5. The quantitative estimate of drug-likeness (QED) is 0.192. The van der Waals surface area contributed by atoms with Gasteiger partial charge in [0.1, 0.15) is 16.2 Å². The van der Waals surface area contributed by atoms with Crippen LogP contribution in [-0.2, 0) is 0 Å². The highest BCUT2D eigenvalue weighted by atomic mass is 32.1. The average Bonchev–Trinajstić information content (AvgIpc) is 3.83. The van der Waals surface area contributed by atoms with Crippen molar-refractivity contribution in [2.45, 2.75) is 0 Å². The smallest absolute Gasteiger partial charge is 0.137 e. The van der Waals surface area contributed by atoms with Crippen LogP contribution >= 0.6 is 11.3 Å². The fourth-order valence-corrected chi connectivity index (χ4v) is 8.28. The van der Waals surface area contributed by atoms with Crippen molar-refractivity contribution in [1.82, 2.24) is 4.98 Å². The Bertz CT molecular complexity index is 2610. The van der Waals surface area contributed by atoms with Gasteiger partial charge in [-0.2, -0.15) is 0 Å². The first-order valence-electron chi connectivity index (χ1n) is 15.8. The lowest BCUT2D eigenvalue weighted by Crippen LogP contribution is -2.11. The minimum absolute atomic E-state index is 0.874. The van der Waals surface area contributed by atoms with E-state index in [1.165, 1.54) is 37.9 Å². The van der Waals surface area contributed by atoms with Crippen LogP contribution in [0.25, 0.3) is 76.1 Å². The molecule has 4 heteroatoms. The summed E-state index contributed by atoms with van der Waals surface area (Å²) in [6.45, 7) is 0. The van der Waals surface area contributed by atoms with Gasteiger partial charge in [0, 0.05) is 38.5 Å². The van der Waals surface area contributed by atoms with Crippen molar-refractivity contribution in [3.8, 4) is 43.4 Å². The van der Waals surface area contributed by atoms with E-state index in [4.69, 9.17) is 9.40 Å². The number of nitrogens with zero attached hydrogens (tertiary/aromatic N) is 2. The maximum atomic E-state index is 6.39. The molecular weight excluding hydrogens is 593 g/mol. The van der Waals surface area contributed by atoms with Gasteiger partial charge in [-0.15, -0.1) is 11.3 Å². The predicted octanol–water partition coefficient (Wildman–Crippen LogP) is 12.6. The predicted molar refractivity (Wildman–Crippen MR) is 197 cm³/mol. The van der Waals surface area contributed by atoms with E-state index in [1.807, 2.05) is 12.1 Å². The van der Waals surface area contributed by atoms with Crippen LogP contribution in [0.1, 0.15) is 0 Å². The topological polar surface area (TPSA) is 29.3 Å². The number of fused-ring (bicyclic) bond motifs is 6. The molecule has 3 nitrogen and oxygen atoms in total. The molecule has 1 aliphatic rings. The molecule has 0 aliphatic heterocycles. The van der Waals surface area contributed by atoms with Crippen molar-refractivity contribution >= 4 is 61.1 Å². The summed E-state index contributed by atoms with van der Waals surface area (Å²) < 4.78 is 6.39. The van der Waals surface area contributed by atoms with E-state index < -0.39 is 0 Å². The summed E-state index contributed by atoms with van der Waals surface area (Å²) in [7, 11) is 0. The molecule has 47 heavy (non-hydrogen) atoms. The number of aromatic nitrogens is 1. The molecule has 2 aromatic heterocycles. The van der Waals surface area contributed by atoms with E-state index in [1.54, 1.807) is 11.3 Å². The van der Waals surface area contributed by atoms with Crippen molar-refractivity contribution in [3.63, 3.8) is 0 Å². The minimum atomic E-state index is 0.874. The highest BCUT2D eigenvalue weighted by Gasteiger charge is 2.29. The van der Waals surface area contributed by atoms with Gasteiger partial charge in [0.25, 0.3) is 0 Å². The largest absolute Gasteiger partial charge is 0.456 e. The summed E-state index contributed by atoms with van der Waals surface area (Å²) in [6.07, 6.45) is 0. The molecule has 7 aromatic carbocycles. The first-order chi connectivity index (χ1) is 23.3. The van der Waals surface area contributed by atoms with Crippen LogP contribution in [-0.4, -0.2) is 4.98 Å². The van der Waals surface area contributed by atoms with E-state index in [-0.39, 0.29) is 0 Å². The third kappa shape index (κ3) is 4.02. The number of anilines is 3. The molecule has 1 aliphatic carbocycles. The molecule has 9 aromatic rings. The second-order valence-electron chi connectivity index (χ2n) is 11.9. The molecule has 2 heterocycles. The van der Waals surface area contributed by atoms with Crippen molar-refractivity contribution in [2.75, 3.05) is 4.90 Å². The van der Waals surface area contributed by atoms with E-state index in [0.717, 1.165) is 55.3 Å². The molecule has 0 spiro atoms. The zero-order chi connectivity index (χ0) is 30.9. The van der Waals surface area contributed by atoms with Crippen molar-refractivity contribution in [2.24, 2.45) is 0 Å². The third-order valence-corrected chi connectivity index (χ3v) is 10.4. The summed E-state index contributed by atoms with van der Waals surface area (Å²) in [5.74, 6) is 0. The number of benzene rings is 7. The number of furan rings is 1. The number of thiazole rings is 1. The highest BCUT2D eigenvalue weighted by Crippen LogP contribution is 2.54. The van der Waals surface area contributed by atoms with Gasteiger partial charge in [0.2, 0.25) is 0 Å². The van der Waals surface area contributed by atoms with Crippen LogP contribution in [0.2, 0.25) is 0 Å². The lowest BCUT2D eigenvalue weighted by atomic mass is 9.99. The lowest BCUT2D eigenvalue weighted by molar-refractivity contribution is 0.669. The number of hydrogen-bond acceptors (Lipinski definition) is 4. The van der Waals surface area contributed by atoms with E-state index in [9.17, 15) is 0 Å². The highest BCUT2D eigenvalue weighted by molar-refractivity contribution is 7.19. The fraction of sp³-hybridized carbons (Fsp3) is 0. The van der Waals surface area contributed by atoms with E-state index in [2.05, 4.69) is 150 Å². The van der Waals surface area contributed by atoms with Crippen LogP contribution in [0.5, 0.6) is 0 Å². The Hall–Kier alpha value is -5.97. The van der Waals surface area contributed by atoms with Crippen LogP contribution in [0.3, 0.4) is 0 Å². The molecule has 0 saturated carbocycles. The van der Waals surface area contributed by atoms with Gasteiger partial charge in [-0.25, -0.2) is 4.98 Å². The van der Waals surface area contributed by atoms with Gasteiger partial charge < -0.3 is 9.32 Å². The fourth-order valence-electron chi connectivity index (χ4n) is 7.17. The van der Waals surface area contributed by atoms with E-state index >= 15 is 0 Å². The zero-order valence-corrected chi connectivity index (χ0v) is 26.0. The molecule has 0 N–H and O–H groups in total. The van der Waals surface area contributed by atoms with Crippen LogP contribution in [0, 0.1) is 0 Å². The molecular formula is C43H26N2OS. The maximum absolute atomic E-state index is 6.39. The summed E-state index contributed by atoms with van der Waals surface area (Å²) in [6, 6.07) is 55.9. The zero-order valence-electron chi connectivity index (χ0n) is 25.2. The molecule has 0 atom stereocenters. The Balaban J connectivity index is 1.23. The summed E-state index contributed by atoms with van der Waals surface area (Å²) in [5, 5.41) is 5.71. The first kappa shape index (κ1) is 26.3. The number of hydrogen-bond donors (Lipinski definition) is 0. The Morgan fingerprint density at radius 2 is 1.19 bits per heavy atom. The molecule has 0 fully saturated rings. The Labute approximate surface area is 275 Å². The molecule has 0 bridgehead atoms. The van der Waals surface area contributed by atoms with Crippen molar-refractivity contribution < 1.29 is 4.42 Å². The maximum Gasteiger partial charge on any atom is 0.137 e. The monoisotopic (exact) mass is 618 g/mol. The van der Waals surface area contributed by atoms with Crippen LogP contribution in [0.4, 0.5) is 17.1 Å². The average molecular weight is 619 g/mol. The van der Waals surface area contributed by atoms with Gasteiger partial charge in [-0.1, -0.05) is 121 Å².